The van der Waals surface area contributed by atoms with Crippen molar-refractivity contribution >= 4 is 5.97 Å². The number of phenolic OH excluding ortho intramolecular Hbond substituents is 1. The normalized spacial score (nSPS) is 11.3. The molecule has 118 valence electrons. The van der Waals surface area contributed by atoms with Gasteiger partial charge in [-0.05, 0) is 12.1 Å². The second kappa shape index (κ2) is 5.67. The van der Waals surface area contributed by atoms with Gasteiger partial charge >= 0.3 is 5.97 Å². The first kappa shape index (κ1) is 15.8. The Morgan fingerprint density at radius 1 is 1.27 bits per heavy atom. The van der Waals surface area contributed by atoms with Crippen LogP contribution < -0.4 is 4.74 Å². The second-order valence-electron chi connectivity index (χ2n) is 5.73. The molecular formula is C15H18N2O5. The van der Waals surface area contributed by atoms with Gasteiger partial charge in [-0.1, -0.05) is 25.9 Å². The monoisotopic (exact) mass is 306 g/mol. The molecule has 1 aromatic carbocycles. The zero-order valence-corrected chi connectivity index (χ0v) is 13.1. The van der Waals surface area contributed by atoms with Crippen molar-refractivity contribution in [2.24, 2.45) is 0 Å². The standard InChI is InChI=1S/C15H18N2O5/c1-15(2,3)14-16-12(17-22-14)8-7-11(20-4)10(18)6-9(8)13(19)21-5/h6-7,18H,1-5H3. The molecule has 22 heavy (non-hydrogen) atoms. The third kappa shape index (κ3) is 2.88. The Morgan fingerprint density at radius 3 is 2.45 bits per heavy atom. The van der Waals surface area contributed by atoms with E-state index >= 15 is 0 Å². The molecule has 1 N–H and O–H groups in total. The molecule has 0 fully saturated rings. The molecule has 0 saturated heterocycles. The SMILES string of the molecule is COC(=O)c1cc(O)c(OC)cc1-c1noc(C(C)(C)C)n1. The molecular weight excluding hydrogens is 288 g/mol. The summed E-state index contributed by atoms with van der Waals surface area (Å²) in [5.74, 6) is 0.0694. The molecule has 0 aliphatic rings. The topological polar surface area (TPSA) is 94.7 Å². The van der Waals surface area contributed by atoms with Crippen LogP contribution in [0.3, 0.4) is 0 Å². The molecule has 2 aromatic rings. The molecule has 0 radical (unpaired) electrons. The molecule has 0 spiro atoms. The average molecular weight is 306 g/mol. The average Bonchev–Trinajstić information content (AvgIpc) is 2.95. The van der Waals surface area contributed by atoms with Crippen molar-refractivity contribution in [3.63, 3.8) is 0 Å². The number of hydrogen-bond donors (Lipinski definition) is 1. The van der Waals surface area contributed by atoms with E-state index in [9.17, 15) is 9.90 Å². The molecule has 0 unspecified atom stereocenters. The molecule has 7 nitrogen and oxygen atoms in total. The zero-order valence-electron chi connectivity index (χ0n) is 13.1. The number of esters is 1. The van der Waals surface area contributed by atoms with Crippen LogP contribution in [-0.2, 0) is 10.2 Å². The van der Waals surface area contributed by atoms with E-state index < -0.39 is 5.97 Å². The predicted octanol–water partition coefficient (Wildman–Crippen LogP) is 2.53. The van der Waals surface area contributed by atoms with Crippen molar-refractivity contribution in [1.29, 1.82) is 0 Å². The first-order valence-corrected chi connectivity index (χ1v) is 6.61. The molecule has 0 saturated carbocycles. The fraction of sp³-hybridized carbons (Fsp3) is 0.400. The maximum atomic E-state index is 11.9. The van der Waals surface area contributed by atoms with Gasteiger partial charge in [-0.3, -0.25) is 0 Å². The van der Waals surface area contributed by atoms with Crippen molar-refractivity contribution in [2.45, 2.75) is 26.2 Å². The molecule has 0 atom stereocenters. The highest BCUT2D eigenvalue weighted by atomic mass is 16.5. The summed E-state index contributed by atoms with van der Waals surface area (Å²) >= 11 is 0. The van der Waals surface area contributed by atoms with Crippen LogP contribution in [0.2, 0.25) is 0 Å². The molecule has 1 aromatic heterocycles. The van der Waals surface area contributed by atoms with Crippen molar-refractivity contribution in [1.82, 2.24) is 10.1 Å². The smallest absolute Gasteiger partial charge is 0.338 e. The number of hydrogen-bond acceptors (Lipinski definition) is 7. The summed E-state index contributed by atoms with van der Waals surface area (Å²) in [5.41, 5.74) is 0.167. The number of methoxy groups -OCH3 is 2. The lowest BCUT2D eigenvalue weighted by atomic mass is 9.97. The first-order chi connectivity index (χ1) is 10.3. The van der Waals surface area contributed by atoms with E-state index in [1.807, 2.05) is 20.8 Å². The van der Waals surface area contributed by atoms with E-state index in [4.69, 9.17) is 14.0 Å². The summed E-state index contributed by atoms with van der Waals surface area (Å²) < 4.78 is 15.0. The molecule has 0 aliphatic heterocycles. The Balaban J connectivity index is 2.62. The maximum absolute atomic E-state index is 11.9. The Hall–Kier alpha value is -2.57. The minimum atomic E-state index is -0.616. The molecule has 0 bridgehead atoms. The van der Waals surface area contributed by atoms with Gasteiger partial charge in [0.1, 0.15) is 0 Å². The largest absolute Gasteiger partial charge is 0.504 e. The van der Waals surface area contributed by atoms with Gasteiger partial charge in [0.2, 0.25) is 11.7 Å². The Kier molecular flexibility index (Phi) is 4.07. The van der Waals surface area contributed by atoms with Gasteiger partial charge in [0, 0.05) is 11.0 Å². The fourth-order valence-corrected chi connectivity index (χ4v) is 1.83. The maximum Gasteiger partial charge on any atom is 0.338 e. The van der Waals surface area contributed by atoms with Crippen LogP contribution in [0.15, 0.2) is 16.7 Å². The summed E-state index contributed by atoms with van der Waals surface area (Å²) in [7, 11) is 2.66. The summed E-state index contributed by atoms with van der Waals surface area (Å²) in [6.45, 7) is 5.80. The number of aromatic hydroxyl groups is 1. The van der Waals surface area contributed by atoms with Crippen LogP contribution >= 0.6 is 0 Å². The highest BCUT2D eigenvalue weighted by molar-refractivity contribution is 5.97. The minimum absolute atomic E-state index is 0.127. The van der Waals surface area contributed by atoms with Crippen molar-refractivity contribution < 1.29 is 23.9 Å². The Morgan fingerprint density at radius 2 is 1.95 bits per heavy atom. The van der Waals surface area contributed by atoms with E-state index in [1.54, 1.807) is 0 Å². The van der Waals surface area contributed by atoms with Crippen LogP contribution in [0.4, 0.5) is 0 Å². The van der Waals surface area contributed by atoms with E-state index in [2.05, 4.69) is 10.1 Å². The zero-order chi connectivity index (χ0) is 16.5. The predicted molar refractivity (Wildman–Crippen MR) is 78.0 cm³/mol. The van der Waals surface area contributed by atoms with E-state index in [0.29, 0.717) is 11.5 Å². The van der Waals surface area contributed by atoms with Crippen LogP contribution in [0.1, 0.15) is 37.0 Å². The Bertz CT molecular complexity index is 700. The van der Waals surface area contributed by atoms with Crippen molar-refractivity contribution in [3.05, 3.63) is 23.6 Å². The van der Waals surface area contributed by atoms with Crippen molar-refractivity contribution in [2.75, 3.05) is 14.2 Å². The van der Waals surface area contributed by atoms with Gasteiger partial charge in [-0.15, -0.1) is 0 Å². The Labute approximate surface area is 127 Å². The molecule has 0 amide bonds. The fourth-order valence-electron chi connectivity index (χ4n) is 1.83. The second-order valence-corrected chi connectivity index (χ2v) is 5.73. The summed E-state index contributed by atoms with van der Waals surface area (Å²) in [6.07, 6.45) is 0. The molecule has 7 heteroatoms. The van der Waals surface area contributed by atoms with Gasteiger partial charge in [-0.2, -0.15) is 4.98 Å². The quantitative estimate of drug-likeness (QED) is 0.870. The molecule has 2 rings (SSSR count). The van der Waals surface area contributed by atoms with E-state index in [-0.39, 0.29) is 28.3 Å². The number of carbonyl (C=O) groups is 1. The summed E-state index contributed by atoms with van der Waals surface area (Å²) in [4.78, 5) is 16.2. The third-order valence-corrected chi connectivity index (χ3v) is 3.03. The van der Waals surface area contributed by atoms with Crippen LogP contribution in [0, 0.1) is 0 Å². The lowest BCUT2D eigenvalue weighted by Crippen LogP contribution is -2.11. The van der Waals surface area contributed by atoms with E-state index in [1.165, 1.54) is 26.4 Å². The lowest BCUT2D eigenvalue weighted by molar-refractivity contribution is 0.0601. The lowest BCUT2D eigenvalue weighted by Gasteiger charge is -2.11. The number of carbonyl (C=O) groups excluding carboxylic acids is 1. The molecule has 1 heterocycles. The summed E-state index contributed by atoms with van der Waals surface area (Å²) in [6, 6.07) is 2.73. The summed E-state index contributed by atoms with van der Waals surface area (Å²) in [5, 5.41) is 13.7. The number of ether oxygens (including phenoxy) is 2. The first-order valence-electron chi connectivity index (χ1n) is 6.61. The number of phenols is 1. The minimum Gasteiger partial charge on any atom is -0.504 e. The van der Waals surface area contributed by atoms with Gasteiger partial charge in [-0.25, -0.2) is 4.79 Å². The highest BCUT2D eigenvalue weighted by Crippen LogP contribution is 2.35. The number of nitrogens with zero attached hydrogens (tertiary/aromatic N) is 2. The third-order valence-electron chi connectivity index (χ3n) is 3.03. The van der Waals surface area contributed by atoms with Gasteiger partial charge < -0.3 is 19.1 Å². The number of rotatable bonds is 3. The van der Waals surface area contributed by atoms with Gasteiger partial charge in [0.25, 0.3) is 0 Å². The van der Waals surface area contributed by atoms with Crippen LogP contribution in [0.5, 0.6) is 11.5 Å². The van der Waals surface area contributed by atoms with Crippen molar-refractivity contribution in [3.8, 4) is 22.9 Å². The van der Waals surface area contributed by atoms with Crippen LogP contribution in [0.25, 0.3) is 11.4 Å². The van der Waals surface area contributed by atoms with E-state index in [0.717, 1.165) is 0 Å². The van der Waals surface area contributed by atoms with Gasteiger partial charge in [0.05, 0.1) is 19.8 Å². The van der Waals surface area contributed by atoms with Crippen LogP contribution in [-0.4, -0.2) is 35.4 Å². The number of benzene rings is 1. The van der Waals surface area contributed by atoms with Gasteiger partial charge in [0.15, 0.2) is 11.5 Å². The molecule has 0 aliphatic carbocycles. The number of aromatic nitrogens is 2. The highest BCUT2D eigenvalue weighted by Gasteiger charge is 2.25.